The van der Waals surface area contributed by atoms with Crippen molar-refractivity contribution in [1.29, 1.82) is 0 Å². The molecule has 0 unspecified atom stereocenters. The molecule has 114 valence electrons. The Hall–Kier alpha value is -3.00. The van der Waals surface area contributed by atoms with E-state index in [1.807, 2.05) is 19.2 Å². The number of benzene rings is 2. The van der Waals surface area contributed by atoms with E-state index >= 15 is 0 Å². The van der Waals surface area contributed by atoms with E-state index < -0.39 is 0 Å². The molecule has 0 aliphatic heterocycles. The van der Waals surface area contributed by atoms with Gasteiger partial charge in [-0.1, -0.05) is 42.5 Å². The smallest absolute Gasteiger partial charge is 0.159 e. The van der Waals surface area contributed by atoms with Gasteiger partial charge in [0.1, 0.15) is 0 Å². The number of pyridine rings is 2. The summed E-state index contributed by atoms with van der Waals surface area (Å²) >= 11 is 0. The number of nitrogens with zero attached hydrogens (tertiary/aromatic N) is 2. The third kappa shape index (κ3) is 1.89. The number of hydrogen-bond acceptors (Lipinski definition) is 2. The molecule has 4 aromatic rings. The van der Waals surface area contributed by atoms with Crippen LogP contribution < -0.4 is 0 Å². The van der Waals surface area contributed by atoms with E-state index in [1.165, 1.54) is 33.4 Å². The molecular weight excluding hydrogens is 292 g/mol. The number of aromatic nitrogens is 2. The first kappa shape index (κ1) is 13.4. The fourth-order valence-corrected chi connectivity index (χ4v) is 3.82. The summed E-state index contributed by atoms with van der Waals surface area (Å²) in [5.41, 5.74) is 9.85. The Bertz CT molecular complexity index is 1100. The minimum Gasteiger partial charge on any atom is -0.237 e. The van der Waals surface area contributed by atoms with Gasteiger partial charge in [0.2, 0.25) is 0 Å². The maximum Gasteiger partial charge on any atom is 0.159 e. The number of aryl methyl sites for hydroxylation is 1. The van der Waals surface area contributed by atoms with E-state index in [9.17, 15) is 0 Å². The third-order valence-corrected chi connectivity index (χ3v) is 4.82. The summed E-state index contributed by atoms with van der Waals surface area (Å²) in [6.45, 7) is 2.04. The predicted molar refractivity (Wildman–Crippen MR) is 98.0 cm³/mol. The highest BCUT2D eigenvalue weighted by Gasteiger charge is 2.22. The Morgan fingerprint density at radius 1 is 0.792 bits per heavy atom. The van der Waals surface area contributed by atoms with E-state index in [0.29, 0.717) is 0 Å². The Labute approximate surface area is 140 Å². The lowest BCUT2D eigenvalue weighted by Gasteiger charge is -2.13. The van der Waals surface area contributed by atoms with E-state index in [2.05, 4.69) is 64.6 Å². The second-order valence-electron chi connectivity index (χ2n) is 6.36. The number of rotatable bonds is 1. The van der Waals surface area contributed by atoms with Crippen molar-refractivity contribution < 1.29 is 0 Å². The molecule has 0 N–H and O–H groups in total. The topological polar surface area (TPSA) is 25.8 Å². The minimum absolute atomic E-state index is 0.816. The van der Waals surface area contributed by atoms with Crippen molar-refractivity contribution in [2.45, 2.75) is 13.3 Å². The third-order valence-electron chi connectivity index (χ3n) is 4.82. The molecule has 2 aromatic carbocycles. The molecule has 2 aromatic heterocycles. The van der Waals surface area contributed by atoms with Crippen molar-refractivity contribution in [3.05, 3.63) is 83.7 Å². The fourth-order valence-electron chi connectivity index (χ4n) is 3.82. The summed E-state index contributed by atoms with van der Waals surface area (Å²) in [6, 6.07) is 21.6. The van der Waals surface area contributed by atoms with Gasteiger partial charge in [0.25, 0.3) is 0 Å². The normalized spacial score (nSPS) is 12.2. The van der Waals surface area contributed by atoms with Crippen molar-refractivity contribution in [3.8, 4) is 22.3 Å². The first-order valence-electron chi connectivity index (χ1n) is 8.24. The Kier molecular flexibility index (Phi) is 2.80. The lowest BCUT2D eigenvalue weighted by Crippen LogP contribution is -1.92. The van der Waals surface area contributed by atoms with Crippen molar-refractivity contribution in [3.63, 3.8) is 0 Å². The average molecular weight is 308 g/mol. The summed E-state index contributed by atoms with van der Waals surface area (Å²) in [6.07, 6.45) is 2.82. The SMILES string of the molecule is Cc1cc(-c2cccc3c2-c2ccccc2C3)c2cccnc2n1. The van der Waals surface area contributed by atoms with Gasteiger partial charge in [0.15, 0.2) is 5.65 Å². The largest absolute Gasteiger partial charge is 0.237 e. The minimum atomic E-state index is 0.816. The van der Waals surface area contributed by atoms with Crippen LogP contribution in [0, 0.1) is 6.92 Å². The zero-order valence-electron chi connectivity index (χ0n) is 13.5. The maximum absolute atomic E-state index is 4.59. The molecule has 2 heterocycles. The van der Waals surface area contributed by atoms with E-state index in [1.54, 1.807) is 0 Å². The predicted octanol–water partition coefficient (Wildman–Crippen LogP) is 5.18. The van der Waals surface area contributed by atoms with Gasteiger partial charge >= 0.3 is 0 Å². The van der Waals surface area contributed by atoms with Crippen LogP contribution in [0.1, 0.15) is 16.8 Å². The van der Waals surface area contributed by atoms with Crippen molar-refractivity contribution >= 4 is 11.0 Å². The van der Waals surface area contributed by atoms with Crippen LogP contribution in [0.5, 0.6) is 0 Å². The molecular formula is C22H16N2. The molecule has 2 heteroatoms. The zero-order chi connectivity index (χ0) is 16.1. The first-order valence-corrected chi connectivity index (χ1v) is 8.24. The summed E-state index contributed by atoms with van der Waals surface area (Å²) in [5, 5.41) is 1.11. The summed E-state index contributed by atoms with van der Waals surface area (Å²) in [7, 11) is 0. The second-order valence-corrected chi connectivity index (χ2v) is 6.36. The van der Waals surface area contributed by atoms with Gasteiger partial charge in [0, 0.05) is 17.3 Å². The van der Waals surface area contributed by atoms with Crippen LogP contribution in [-0.2, 0) is 6.42 Å². The van der Waals surface area contributed by atoms with Crippen LogP contribution in [0.3, 0.4) is 0 Å². The lowest BCUT2D eigenvalue weighted by atomic mass is 9.92. The molecule has 5 rings (SSSR count). The molecule has 2 nitrogen and oxygen atoms in total. The van der Waals surface area contributed by atoms with Crippen LogP contribution >= 0.6 is 0 Å². The molecule has 0 bridgehead atoms. The Balaban J connectivity index is 1.87. The monoisotopic (exact) mass is 308 g/mol. The van der Waals surface area contributed by atoms with E-state index in [0.717, 1.165) is 23.1 Å². The molecule has 0 atom stereocenters. The molecule has 24 heavy (non-hydrogen) atoms. The molecule has 0 saturated heterocycles. The Morgan fingerprint density at radius 2 is 1.62 bits per heavy atom. The van der Waals surface area contributed by atoms with E-state index in [-0.39, 0.29) is 0 Å². The maximum atomic E-state index is 4.59. The highest BCUT2D eigenvalue weighted by Crippen LogP contribution is 2.44. The molecule has 1 aliphatic rings. The van der Waals surface area contributed by atoms with Crippen LogP contribution in [0.25, 0.3) is 33.3 Å². The second kappa shape index (κ2) is 5.00. The van der Waals surface area contributed by atoms with Gasteiger partial charge in [-0.15, -0.1) is 0 Å². The highest BCUT2D eigenvalue weighted by molar-refractivity contribution is 6.00. The van der Waals surface area contributed by atoms with Gasteiger partial charge in [-0.25, -0.2) is 9.97 Å². The van der Waals surface area contributed by atoms with Crippen LogP contribution in [-0.4, -0.2) is 9.97 Å². The van der Waals surface area contributed by atoms with Gasteiger partial charge < -0.3 is 0 Å². The lowest BCUT2D eigenvalue weighted by molar-refractivity contribution is 1.20. The fraction of sp³-hybridized carbons (Fsp3) is 0.0909. The van der Waals surface area contributed by atoms with Gasteiger partial charge in [-0.05, 0) is 64.9 Å². The van der Waals surface area contributed by atoms with Crippen LogP contribution in [0.4, 0.5) is 0 Å². The standard InChI is InChI=1S/C22H16N2/c1-14-12-20(19-10-5-11-23-22(19)24-14)18-9-4-7-16-13-15-6-2-3-8-17(15)21(16)18/h2-12H,13H2,1H3. The van der Waals surface area contributed by atoms with E-state index in [4.69, 9.17) is 0 Å². The highest BCUT2D eigenvalue weighted by atomic mass is 14.8. The Morgan fingerprint density at radius 3 is 2.58 bits per heavy atom. The number of fused-ring (bicyclic) bond motifs is 4. The number of hydrogen-bond donors (Lipinski definition) is 0. The quantitative estimate of drug-likeness (QED) is 0.426. The summed E-state index contributed by atoms with van der Waals surface area (Å²) < 4.78 is 0. The molecule has 0 saturated carbocycles. The summed E-state index contributed by atoms with van der Waals surface area (Å²) in [4.78, 5) is 9.04. The van der Waals surface area contributed by atoms with Crippen LogP contribution in [0.15, 0.2) is 66.9 Å². The van der Waals surface area contributed by atoms with Gasteiger partial charge in [-0.2, -0.15) is 0 Å². The zero-order valence-corrected chi connectivity index (χ0v) is 13.5. The van der Waals surface area contributed by atoms with Crippen molar-refractivity contribution in [2.75, 3.05) is 0 Å². The molecule has 1 aliphatic carbocycles. The molecule has 0 radical (unpaired) electrons. The molecule has 0 amide bonds. The van der Waals surface area contributed by atoms with Gasteiger partial charge in [0.05, 0.1) is 0 Å². The first-order chi connectivity index (χ1) is 11.8. The van der Waals surface area contributed by atoms with Crippen LogP contribution in [0.2, 0.25) is 0 Å². The average Bonchev–Trinajstić information content (AvgIpc) is 2.99. The molecule has 0 fully saturated rings. The van der Waals surface area contributed by atoms with Crippen molar-refractivity contribution in [1.82, 2.24) is 9.97 Å². The molecule has 0 spiro atoms. The van der Waals surface area contributed by atoms with Crippen molar-refractivity contribution in [2.24, 2.45) is 0 Å². The summed E-state index contributed by atoms with van der Waals surface area (Å²) in [5.74, 6) is 0. The van der Waals surface area contributed by atoms with Gasteiger partial charge in [-0.3, -0.25) is 0 Å².